The number of aryl methyl sites for hydroxylation is 1. The molecule has 0 amide bonds. The third-order valence-electron chi connectivity index (χ3n) is 4.10. The molecule has 1 atom stereocenters. The van der Waals surface area contributed by atoms with Gasteiger partial charge in [0.2, 0.25) is 5.78 Å². The summed E-state index contributed by atoms with van der Waals surface area (Å²) in [5.74, 6) is -0.634. The number of H-pyrrole nitrogens is 1. The SMILES string of the molecule is COC(=O)c1c(C)[nH]c(C(=O)[C@@H](C)Oc2cc([N+](=O)[O-])ccc2OC)c1C. The first kappa shape index (κ1) is 20.0. The Bertz CT molecular complexity index is 901. The molecule has 0 fully saturated rings. The van der Waals surface area contributed by atoms with Crippen LogP contribution in [0.15, 0.2) is 18.2 Å². The standard InChI is InChI=1S/C18H20N2O7/c1-9-15(18(22)26-5)10(2)19-16(9)17(21)11(3)27-14-8-12(20(23)24)6-7-13(14)25-4/h6-8,11,19H,1-5H3/t11-/m1/s1. The molecule has 0 bridgehead atoms. The summed E-state index contributed by atoms with van der Waals surface area (Å²) in [6.45, 7) is 4.79. The lowest BCUT2D eigenvalue weighted by atomic mass is 10.1. The minimum Gasteiger partial charge on any atom is -0.493 e. The van der Waals surface area contributed by atoms with Crippen LogP contribution >= 0.6 is 0 Å². The molecule has 9 nitrogen and oxygen atoms in total. The Hall–Kier alpha value is -3.36. The van der Waals surface area contributed by atoms with Gasteiger partial charge in [-0.05, 0) is 32.4 Å². The maximum absolute atomic E-state index is 12.8. The van der Waals surface area contributed by atoms with Crippen molar-refractivity contribution in [2.75, 3.05) is 14.2 Å². The van der Waals surface area contributed by atoms with Gasteiger partial charge in [-0.3, -0.25) is 14.9 Å². The predicted octanol–water partition coefficient (Wildman–Crippen LogP) is 2.99. The van der Waals surface area contributed by atoms with Crippen molar-refractivity contribution >= 4 is 17.4 Å². The second-order valence-electron chi connectivity index (χ2n) is 5.83. The van der Waals surface area contributed by atoms with E-state index in [1.165, 1.54) is 39.3 Å². The van der Waals surface area contributed by atoms with Crippen molar-refractivity contribution in [1.82, 2.24) is 4.98 Å². The molecule has 2 aromatic rings. The number of methoxy groups -OCH3 is 2. The number of nitro benzene ring substituents is 1. The summed E-state index contributed by atoms with van der Waals surface area (Å²) in [6.07, 6.45) is -0.983. The average molecular weight is 376 g/mol. The van der Waals surface area contributed by atoms with E-state index in [0.717, 1.165) is 0 Å². The second kappa shape index (κ2) is 7.90. The van der Waals surface area contributed by atoms with Gasteiger partial charge in [-0.1, -0.05) is 0 Å². The molecule has 0 aliphatic heterocycles. The highest BCUT2D eigenvalue weighted by molar-refractivity contribution is 6.03. The minimum absolute atomic E-state index is 0.0710. The first-order chi connectivity index (χ1) is 12.7. The number of ether oxygens (including phenoxy) is 3. The molecule has 144 valence electrons. The first-order valence-electron chi connectivity index (χ1n) is 8.02. The summed E-state index contributed by atoms with van der Waals surface area (Å²) in [4.78, 5) is 37.9. The largest absolute Gasteiger partial charge is 0.493 e. The fraction of sp³-hybridized carbons (Fsp3) is 0.333. The van der Waals surface area contributed by atoms with Gasteiger partial charge in [0.05, 0.1) is 36.5 Å². The van der Waals surface area contributed by atoms with Crippen LogP contribution in [-0.4, -0.2) is 42.0 Å². The fourth-order valence-corrected chi connectivity index (χ4v) is 2.72. The molecule has 0 radical (unpaired) electrons. The van der Waals surface area contributed by atoms with Crippen LogP contribution in [0.3, 0.4) is 0 Å². The number of ketones is 1. The number of hydrogen-bond acceptors (Lipinski definition) is 7. The van der Waals surface area contributed by atoms with Gasteiger partial charge in [0.1, 0.15) is 0 Å². The predicted molar refractivity (Wildman–Crippen MR) is 95.7 cm³/mol. The highest BCUT2D eigenvalue weighted by atomic mass is 16.6. The van der Waals surface area contributed by atoms with Gasteiger partial charge in [-0.25, -0.2) is 4.79 Å². The van der Waals surface area contributed by atoms with Crippen LogP contribution in [0.1, 0.15) is 39.0 Å². The first-order valence-corrected chi connectivity index (χ1v) is 8.02. The van der Waals surface area contributed by atoms with Crippen LogP contribution in [0, 0.1) is 24.0 Å². The highest BCUT2D eigenvalue weighted by Crippen LogP contribution is 2.32. The highest BCUT2D eigenvalue weighted by Gasteiger charge is 2.27. The summed E-state index contributed by atoms with van der Waals surface area (Å²) >= 11 is 0. The number of aromatic amines is 1. The Morgan fingerprint density at radius 1 is 1.19 bits per heavy atom. The van der Waals surface area contributed by atoms with Crippen molar-refractivity contribution in [2.45, 2.75) is 26.9 Å². The van der Waals surface area contributed by atoms with Crippen LogP contribution < -0.4 is 9.47 Å². The van der Waals surface area contributed by atoms with Gasteiger partial charge >= 0.3 is 5.97 Å². The summed E-state index contributed by atoms with van der Waals surface area (Å²) in [5, 5.41) is 11.0. The number of nitrogens with one attached hydrogen (secondary N) is 1. The smallest absolute Gasteiger partial charge is 0.339 e. The molecular weight excluding hydrogens is 356 g/mol. The Morgan fingerprint density at radius 2 is 1.85 bits per heavy atom. The van der Waals surface area contributed by atoms with Crippen molar-refractivity contribution in [3.63, 3.8) is 0 Å². The van der Waals surface area contributed by atoms with Gasteiger partial charge < -0.3 is 19.2 Å². The maximum Gasteiger partial charge on any atom is 0.339 e. The number of rotatable bonds is 7. The zero-order valence-corrected chi connectivity index (χ0v) is 15.6. The number of hydrogen-bond donors (Lipinski definition) is 1. The zero-order valence-electron chi connectivity index (χ0n) is 15.6. The number of aromatic nitrogens is 1. The second-order valence-corrected chi connectivity index (χ2v) is 5.83. The van der Waals surface area contributed by atoms with Crippen LogP contribution in [0.4, 0.5) is 5.69 Å². The Balaban J connectivity index is 2.33. The van der Waals surface area contributed by atoms with E-state index in [1.54, 1.807) is 13.8 Å². The molecule has 0 aliphatic rings. The molecule has 9 heteroatoms. The normalized spacial score (nSPS) is 11.6. The van der Waals surface area contributed by atoms with Crippen molar-refractivity contribution in [2.24, 2.45) is 0 Å². The summed E-state index contributed by atoms with van der Waals surface area (Å²) in [7, 11) is 2.65. The molecule has 1 aromatic carbocycles. The Morgan fingerprint density at radius 3 is 2.41 bits per heavy atom. The van der Waals surface area contributed by atoms with E-state index in [4.69, 9.17) is 14.2 Å². The van der Waals surface area contributed by atoms with Gasteiger partial charge in [0, 0.05) is 11.8 Å². The molecule has 0 aliphatic carbocycles. The average Bonchev–Trinajstić information content (AvgIpc) is 2.94. The number of carbonyl (C=O) groups excluding carboxylic acids is 2. The summed E-state index contributed by atoms with van der Waals surface area (Å²) in [6, 6.07) is 3.86. The van der Waals surface area contributed by atoms with Crippen molar-refractivity contribution in [1.29, 1.82) is 0 Å². The molecule has 2 rings (SSSR count). The number of esters is 1. The van der Waals surface area contributed by atoms with Crippen LogP contribution in [-0.2, 0) is 4.74 Å². The molecule has 27 heavy (non-hydrogen) atoms. The minimum atomic E-state index is -0.983. The maximum atomic E-state index is 12.8. The Kier molecular flexibility index (Phi) is 5.84. The van der Waals surface area contributed by atoms with E-state index in [0.29, 0.717) is 16.8 Å². The van der Waals surface area contributed by atoms with Crippen molar-refractivity contribution in [3.05, 3.63) is 50.8 Å². The van der Waals surface area contributed by atoms with E-state index < -0.39 is 22.8 Å². The van der Waals surface area contributed by atoms with Gasteiger partial charge in [0.15, 0.2) is 17.6 Å². The number of nitro groups is 1. The number of carbonyl (C=O) groups is 2. The van der Waals surface area contributed by atoms with Gasteiger partial charge in [-0.15, -0.1) is 0 Å². The molecule has 1 N–H and O–H groups in total. The fourth-order valence-electron chi connectivity index (χ4n) is 2.72. The lowest BCUT2D eigenvalue weighted by molar-refractivity contribution is -0.385. The number of non-ortho nitro benzene ring substituents is 1. The zero-order chi connectivity index (χ0) is 20.3. The van der Waals surface area contributed by atoms with Crippen molar-refractivity contribution in [3.8, 4) is 11.5 Å². The molecular formula is C18H20N2O7. The molecule has 0 spiro atoms. The van der Waals surface area contributed by atoms with Crippen LogP contribution in [0.5, 0.6) is 11.5 Å². The lowest BCUT2D eigenvalue weighted by Crippen LogP contribution is -2.25. The van der Waals surface area contributed by atoms with E-state index in [9.17, 15) is 19.7 Å². The van der Waals surface area contributed by atoms with Gasteiger partial charge in [0.25, 0.3) is 5.69 Å². The van der Waals surface area contributed by atoms with Gasteiger partial charge in [-0.2, -0.15) is 0 Å². The number of benzene rings is 1. The van der Waals surface area contributed by atoms with Crippen LogP contribution in [0.2, 0.25) is 0 Å². The molecule has 0 unspecified atom stereocenters. The third-order valence-corrected chi connectivity index (χ3v) is 4.10. The molecule has 0 saturated heterocycles. The molecule has 1 heterocycles. The lowest BCUT2D eigenvalue weighted by Gasteiger charge is -2.16. The Labute approximate surface area is 155 Å². The number of Topliss-reactive ketones (excluding diaryl/α,β-unsaturated/α-hetero) is 1. The monoisotopic (exact) mass is 376 g/mol. The van der Waals surface area contributed by atoms with E-state index in [1.807, 2.05) is 0 Å². The van der Waals surface area contributed by atoms with E-state index in [2.05, 4.69) is 4.98 Å². The topological polar surface area (TPSA) is 121 Å². The van der Waals surface area contributed by atoms with E-state index in [-0.39, 0.29) is 22.9 Å². The third kappa shape index (κ3) is 3.91. The molecule has 1 aromatic heterocycles. The summed E-state index contributed by atoms with van der Waals surface area (Å²) in [5.41, 5.74) is 1.27. The quantitative estimate of drug-likeness (QED) is 0.341. The van der Waals surface area contributed by atoms with E-state index >= 15 is 0 Å². The summed E-state index contributed by atoms with van der Waals surface area (Å²) < 4.78 is 15.5. The molecule has 0 saturated carbocycles. The number of nitrogens with zero attached hydrogens (tertiary/aromatic N) is 1. The van der Waals surface area contributed by atoms with Crippen LogP contribution in [0.25, 0.3) is 0 Å². The van der Waals surface area contributed by atoms with Crippen molar-refractivity contribution < 1.29 is 28.7 Å².